The lowest BCUT2D eigenvalue weighted by molar-refractivity contribution is -0.114. The fourth-order valence-electron chi connectivity index (χ4n) is 3.04. The van der Waals surface area contributed by atoms with E-state index in [-0.39, 0.29) is 22.2 Å². The number of ether oxygens (including phenoxy) is 2. The largest absolute Gasteiger partial charge is 0.490 e. The van der Waals surface area contributed by atoms with Gasteiger partial charge in [-0.2, -0.15) is 10.1 Å². The number of carbonyl (C=O) groups excluding carboxylic acids is 1. The van der Waals surface area contributed by atoms with Gasteiger partial charge < -0.3 is 9.47 Å². The van der Waals surface area contributed by atoms with Crippen LogP contribution in [-0.4, -0.2) is 24.8 Å². The lowest BCUT2D eigenvalue weighted by Gasteiger charge is -2.15. The summed E-state index contributed by atoms with van der Waals surface area (Å²) in [7, 11) is 0. The third-order valence-corrected chi connectivity index (χ3v) is 4.61. The van der Waals surface area contributed by atoms with Crippen LogP contribution in [0.3, 0.4) is 0 Å². The van der Waals surface area contributed by atoms with E-state index in [1.807, 2.05) is 13.8 Å². The average Bonchev–Trinajstić information content (AvgIpc) is 3.04. The van der Waals surface area contributed by atoms with Gasteiger partial charge in [0.05, 0.1) is 24.5 Å². The molecule has 0 spiro atoms. The second-order valence-corrected chi connectivity index (χ2v) is 7.62. The summed E-state index contributed by atoms with van der Waals surface area (Å²) in [5, 5.41) is 3.88. The van der Waals surface area contributed by atoms with Crippen LogP contribution in [0.4, 0.5) is 27.6 Å². The lowest BCUT2D eigenvalue weighted by atomic mass is 10.1. The molecule has 3 rings (SSSR count). The van der Waals surface area contributed by atoms with Crippen molar-refractivity contribution in [3.8, 4) is 11.5 Å². The first-order chi connectivity index (χ1) is 15.6. The molecule has 1 aliphatic rings. The molecule has 0 radical (unpaired) electrons. The van der Waals surface area contributed by atoms with Crippen molar-refractivity contribution in [2.45, 2.75) is 27.7 Å². The van der Waals surface area contributed by atoms with Crippen LogP contribution >= 0.6 is 0 Å². The summed E-state index contributed by atoms with van der Waals surface area (Å²) in [6.07, 6.45) is 1.38. The molecule has 0 aliphatic carbocycles. The summed E-state index contributed by atoms with van der Waals surface area (Å²) < 4.78 is 80.2. The van der Waals surface area contributed by atoms with E-state index in [0.717, 1.165) is 0 Å². The molecule has 1 aliphatic heterocycles. The number of carbonyl (C=O) groups is 1. The molecule has 0 N–H and O–H groups in total. The van der Waals surface area contributed by atoms with Gasteiger partial charge in [0.25, 0.3) is 5.91 Å². The van der Waals surface area contributed by atoms with Gasteiger partial charge in [0, 0.05) is 0 Å². The van der Waals surface area contributed by atoms with Crippen LogP contribution in [0.2, 0.25) is 0 Å². The number of halogens is 5. The number of nitrogens with zero attached hydrogens (tertiary/aromatic N) is 2. The van der Waals surface area contributed by atoms with Gasteiger partial charge in [-0.05, 0) is 43.5 Å². The first-order valence-electron chi connectivity index (χ1n) is 10.1. The lowest BCUT2D eigenvalue weighted by Crippen LogP contribution is -2.25. The Morgan fingerprint density at radius 3 is 2.15 bits per heavy atom. The zero-order chi connectivity index (χ0) is 24.4. The Labute approximate surface area is 187 Å². The first-order valence-corrected chi connectivity index (χ1v) is 10.1. The van der Waals surface area contributed by atoms with E-state index < -0.39 is 40.7 Å². The molecule has 10 heteroatoms. The summed E-state index contributed by atoms with van der Waals surface area (Å²) in [6, 6.07) is 4.88. The quantitative estimate of drug-likeness (QED) is 0.229. The second-order valence-electron chi connectivity index (χ2n) is 7.62. The van der Waals surface area contributed by atoms with Gasteiger partial charge in [0.2, 0.25) is 5.82 Å². The summed E-state index contributed by atoms with van der Waals surface area (Å²) in [5.41, 5.74) is -1.02. The van der Waals surface area contributed by atoms with Crippen molar-refractivity contribution >= 4 is 23.4 Å². The molecule has 0 aromatic heterocycles. The predicted molar refractivity (Wildman–Crippen MR) is 113 cm³/mol. The molecule has 5 nitrogen and oxygen atoms in total. The first kappa shape index (κ1) is 24.2. The molecule has 0 saturated heterocycles. The highest BCUT2D eigenvalue weighted by Gasteiger charge is 2.37. The number of hydrogen-bond acceptors (Lipinski definition) is 4. The van der Waals surface area contributed by atoms with Gasteiger partial charge in [-0.25, -0.2) is 22.0 Å². The highest BCUT2D eigenvalue weighted by Crippen LogP contribution is 2.35. The molecule has 0 unspecified atom stereocenters. The molecule has 176 valence electrons. The molecule has 33 heavy (non-hydrogen) atoms. The maximum absolute atomic E-state index is 14.2. The Morgan fingerprint density at radius 2 is 1.58 bits per heavy atom. The van der Waals surface area contributed by atoms with E-state index >= 15 is 0 Å². The monoisotopic (exact) mass is 468 g/mol. The zero-order valence-electron chi connectivity index (χ0n) is 18.3. The van der Waals surface area contributed by atoms with Crippen molar-refractivity contribution in [3.05, 3.63) is 58.4 Å². The maximum atomic E-state index is 14.2. The SMILES string of the molecule is CCOc1cc(/C=C2/C(=O)N(c3c(F)c(F)c(F)c(F)c3F)N=C2C)ccc1OCC(C)C. The van der Waals surface area contributed by atoms with Crippen molar-refractivity contribution in [1.82, 2.24) is 0 Å². The molecule has 2 aromatic carbocycles. The molecule has 0 saturated carbocycles. The van der Waals surface area contributed by atoms with E-state index in [1.54, 1.807) is 25.1 Å². The Balaban J connectivity index is 1.98. The third kappa shape index (κ3) is 4.69. The van der Waals surface area contributed by atoms with E-state index in [2.05, 4.69) is 5.10 Å². The fraction of sp³-hybridized carbons (Fsp3) is 0.304. The Kier molecular flexibility index (Phi) is 7.04. The number of benzene rings is 2. The maximum Gasteiger partial charge on any atom is 0.280 e. The Hall–Kier alpha value is -3.43. The standard InChI is InChI=1S/C23H21F5N2O3/c1-5-32-16-9-13(6-7-15(16)33-10-11(2)3)8-14-12(4)29-30(23(14)31)22-20(27)18(25)17(24)19(26)21(22)28/h6-9,11H,5,10H2,1-4H3/b14-8+. The van der Waals surface area contributed by atoms with Crippen LogP contribution in [0.15, 0.2) is 28.9 Å². The number of hydrogen-bond donors (Lipinski definition) is 0. The topological polar surface area (TPSA) is 51.1 Å². The number of anilines is 1. The van der Waals surface area contributed by atoms with E-state index in [1.165, 1.54) is 13.0 Å². The number of hydrazone groups is 1. The average molecular weight is 468 g/mol. The molecule has 2 aromatic rings. The Bertz CT molecular complexity index is 1130. The molecule has 0 atom stereocenters. The highest BCUT2D eigenvalue weighted by molar-refractivity contribution is 6.32. The van der Waals surface area contributed by atoms with Gasteiger partial charge >= 0.3 is 0 Å². The summed E-state index contributed by atoms with van der Waals surface area (Å²) in [6.45, 7) is 7.95. The molecular weight excluding hydrogens is 447 g/mol. The molecule has 0 fully saturated rings. The summed E-state index contributed by atoms with van der Waals surface area (Å²) in [4.78, 5) is 12.8. The molecule has 1 heterocycles. The third-order valence-electron chi connectivity index (χ3n) is 4.61. The van der Waals surface area contributed by atoms with Crippen molar-refractivity contribution < 1.29 is 36.2 Å². The number of amides is 1. The van der Waals surface area contributed by atoms with Crippen LogP contribution in [0, 0.1) is 35.0 Å². The van der Waals surface area contributed by atoms with Gasteiger partial charge in [0.15, 0.2) is 34.8 Å². The van der Waals surface area contributed by atoms with E-state index in [9.17, 15) is 26.7 Å². The summed E-state index contributed by atoms with van der Waals surface area (Å²) in [5.74, 6) is -10.8. The zero-order valence-corrected chi connectivity index (χ0v) is 18.3. The minimum absolute atomic E-state index is 0.0297. The van der Waals surface area contributed by atoms with E-state index in [4.69, 9.17) is 9.47 Å². The molecule has 1 amide bonds. The highest BCUT2D eigenvalue weighted by atomic mass is 19.2. The molecule has 0 bridgehead atoms. The van der Waals surface area contributed by atoms with Gasteiger partial charge in [0.1, 0.15) is 5.69 Å². The van der Waals surface area contributed by atoms with Crippen molar-refractivity contribution in [1.29, 1.82) is 0 Å². The minimum Gasteiger partial charge on any atom is -0.490 e. The van der Waals surface area contributed by atoms with Gasteiger partial charge in [-0.15, -0.1) is 0 Å². The van der Waals surface area contributed by atoms with Crippen molar-refractivity contribution in [2.75, 3.05) is 18.2 Å². The van der Waals surface area contributed by atoms with Crippen molar-refractivity contribution in [3.63, 3.8) is 0 Å². The van der Waals surface area contributed by atoms with Crippen LogP contribution in [-0.2, 0) is 4.79 Å². The Morgan fingerprint density at radius 1 is 0.970 bits per heavy atom. The fourth-order valence-corrected chi connectivity index (χ4v) is 3.04. The van der Waals surface area contributed by atoms with Gasteiger partial charge in [-0.1, -0.05) is 19.9 Å². The van der Waals surface area contributed by atoms with Crippen molar-refractivity contribution in [2.24, 2.45) is 11.0 Å². The predicted octanol–water partition coefficient (Wildman–Crippen LogP) is 5.62. The van der Waals surface area contributed by atoms with Crippen LogP contribution in [0.25, 0.3) is 6.08 Å². The molecular formula is C23H21F5N2O3. The van der Waals surface area contributed by atoms with E-state index in [0.29, 0.717) is 30.3 Å². The number of rotatable bonds is 7. The van der Waals surface area contributed by atoms with Crippen LogP contribution in [0.5, 0.6) is 11.5 Å². The van der Waals surface area contributed by atoms with Crippen LogP contribution in [0.1, 0.15) is 33.3 Å². The minimum atomic E-state index is -2.32. The summed E-state index contributed by atoms with van der Waals surface area (Å²) >= 11 is 0. The smallest absolute Gasteiger partial charge is 0.280 e. The van der Waals surface area contributed by atoms with Crippen LogP contribution < -0.4 is 14.5 Å². The normalized spacial score (nSPS) is 15.0. The van der Waals surface area contributed by atoms with Gasteiger partial charge in [-0.3, -0.25) is 4.79 Å². The second kappa shape index (κ2) is 9.60.